The van der Waals surface area contributed by atoms with Crippen LogP contribution in [0.4, 0.5) is 5.69 Å². The van der Waals surface area contributed by atoms with Crippen LogP contribution in [0.25, 0.3) is 0 Å². The van der Waals surface area contributed by atoms with Gasteiger partial charge in [-0.05, 0) is 49.2 Å². The summed E-state index contributed by atoms with van der Waals surface area (Å²) in [5.41, 5.74) is 2.62. The van der Waals surface area contributed by atoms with Crippen molar-refractivity contribution in [3.05, 3.63) is 81.8 Å². The van der Waals surface area contributed by atoms with E-state index in [1.807, 2.05) is 42.0 Å². The number of nitrogens with zero attached hydrogens (tertiary/aromatic N) is 3. The van der Waals surface area contributed by atoms with Gasteiger partial charge < -0.3 is 9.88 Å². The largest absolute Gasteiger partial charge is 0.331 e. The lowest BCUT2D eigenvalue weighted by Crippen LogP contribution is -2.31. The molecule has 0 atom stereocenters. The Balaban J connectivity index is 1.27. The van der Waals surface area contributed by atoms with Crippen molar-refractivity contribution in [1.82, 2.24) is 14.5 Å². The summed E-state index contributed by atoms with van der Waals surface area (Å²) in [6.45, 7) is 2.88. The number of rotatable bonds is 7. The van der Waals surface area contributed by atoms with Crippen molar-refractivity contribution in [3.63, 3.8) is 0 Å². The minimum absolute atomic E-state index is 0.155. The molecule has 1 N–H and O–H groups in total. The summed E-state index contributed by atoms with van der Waals surface area (Å²) >= 11 is 3.32. The number of nitrogens with one attached hydrogen (secondary N) is 1. The SMILES string of the molecule is Cc1nccn1Cc1ccc(NC(=O)CCCN2C(=O)c3ccc(Br)cc3C2=O)cc1. The van der Waals surface area contributed by atoms with E-state index in [0.29, 0.717) is 23.2 Å². The number of fused-ring (bicyclic) bond motifs is 1. The maximum Gasteiger partial charge on any atom is 0.261 e. The number of amides is 3. The predicted octanol–water partition coefficient (Wildman–Crippen LogP) is 4.02. The molecule has 4 rings (SSSR count). The van der Waals surface area contributed by atoms with Crippen LogP contribution in [-0.2, 0) is 11.3 Å². The number of halogens is 1. The number of carbonyl (C=O) groups is 3. The summed E-state index contributed by atoms with van der Waals surface area (Å²) in [4.78, 5) is 42.6. The van der Waals surface area contributed by atoms with Gasteiger partial charge in [-0.1, -0.05) is 28.1 Å². The van der Waals surface area contributed by atoms with Crippen LogP contribution in [0, 0.1) is 6.92 Å². The fraction of sp³-hybridized carbons (Fsp3) is 0.217. The number of imide groups is 1. The molecule has 31 heavy (non-hydrogen) atoms. The average Bonchev–Trinajstić information content (AvgIpc) is 3.25. The van der Waals surface area contributed by atoms with E-state index in [1.165, 1.54) is 4.90 Å². The van der Waals surface area contributed by atoms with E-state index in [2.05, 4.69) is 26.2 Å². The van der Waals surface area contributed by atoms with E-state index in [4.69, 9.17) is 0 Å². The zero-order valence-electron chi connectivity index (χ0n) is 17.0. The van der Waals surface area contributed by atoms with E-state index in [-0.39, 0.29) is 30.7 Å². The summed E-state index contributed by atoms with van der Waals surface area (Å²) in [6.07, 6.45) is 4.31. The van der Waals surface area contributed by atoms with Gasteiger partial charge in [0.25, 0.3) is 11.8 Å². The molecule has 0 fully saturated rings. The summed E-state index contributed by atoms with van der Waals surface area (Å²) in [6, 6.07) is 12.7. The minimum atomic E-state index is -0.314. The Bertz CT molecular complexity index is 1150. The molecule has 0 aliphatic carbocycles. The van der Waals surface area contributed by atoms with Gasteiger partial charge in [0.2, 0.25) is 5.91 Å². The van der Waals surface area contributed by atoms with Crippen LogP contribution >= 0.6 is 15.9 Å². The molecule has 1 aromatic heterocycles. The number of carbonyl (C=O) groups excluding carboxylic acids is 3. The van der Waals surface area contributed by atoms with Crippen LogP contribution in [0.15, 0.2) is 59.3 Å². The molecule has 0 bridgehead atoms. The van der Waals surface area contributed by atoms with Crippen molar-refractivity contribution in [1.29, 1.82) is 0 Å². The first-order valence-electron chi connectivity index (χ1n) is 9.94. The second kappa shape index (κ2) is 8.85. The van der Waals surface area contributed by atoms with Crippen molar-refractivity contribution in [2.75, 3.05) is 11.9 Å². The lowest BCUT2D eigenvalue weighted by molar-refractivity contribution is -0.116. The molecular weight excluding hydrogens is 460 g/mol. The Kier molecular flexibility index (Phi) is 5.99. The number of hydrogen-bond acceptors (Lipinski definition) is 4. The first-order valence-corrected chi connectivity index (χ1v) is 10.7. The number of hydrogen-bond donors (Lipinski definition) is 1. The maximum atomic E-state index is 12.5. The van der Waals surface area contributed by atoms with Crippen LogP contribution in [0.5, 0.6) is 0 Å². The molecule has 1 aliphatic heterocycles. The molecule has 1 aliphatic rings. The zero-order chi connectivity index (χ0) is 22.0. The summed E-state index contributed by atoms with van der Waals surface area (Å²) in [7, 11) is 0. The van der Waals surface area contributed by atoms with Crippen molar-refractivity contribution in [2.45, 2.75) is 26.3 Å². The number of aryl methyl sites for hydroxylation is 1. The van der Waals surface area contributed by atoms with E-state index >= 15 is 0 Å². The third-order valence-electron chi connectivity index (χ3n) is 5.23. The van der Waals surface area contributed by atoms with Gasteiger partial charge in [-0.3, -0.25) is 19.3 Å². The van der Waals surface area contributed by atoms with E-state index < -0.39 is 0 Å². The molecule has 7 nitrogen and oxygen atoms in total. The number of aromatic nitrogens is 2. The first-order chi connectivity index (χ1) is 14.9. The van der Waals surface area contributed by atoms with Crippen molar-refractivity contribution >= 4 is 39.3 Å². The average molecular weight is 481 g/mol. The van der Waals surface area contributed by atoms with Crippen LogP contribution in [0.1, 0.15) is 44.9 Å². The van der Waals surface area contributed by atoms with Gasteiger partial charge in [0.15, 0.2) is 0 Å². The molecule has 3 amide bonds. The number of benzene rings is 2. The lowest BCUT2D eigenvalue weighted by atomic mass is 10.1. The highest BCUT2D eigenvalue weighted by molar-refractivity contribution is 9.10. The molecule has 0 spiro atoms. The normalized spacial score (nSPS) is 12.9. The third kappa shape index (κ3) is 4.59. The van der Waals surface area contributed by atoms with Crippen LogP contribution in [0.2, 0.25) is 0 Å². The number of anilines is 1. The molecule has 0 unspecified atom stereocenters. The van der Waals surface area contributed by atoms with E-state index in [0.717, 1.165) is 22.4 Å². The molecule has 0 saturated carbocycles. The topological polar surface area (TPSA) is 84.3 Å². The Morgan fingerprint density at radius 2 is 1.81 bits per heavy atom. The highest BCUT2D eigenvalue weighted by atomic mass is 79.9. The van der Waals surface area contributed by atoms with Gasteiger partial charge in [-0.15, -0.1) is 0 Å². The highest BCUT2D eigenvalue weighted by Gasteiger charge is 2.35. The monoisotopic (exact) mass is 480 g/mol. The third-order valence-corrected chi connectivity index (χ3v) is 5.73. The van der Waals surface area contributed by atoms with Gasteiger partial charge >= 0.3 is 0 Å². The fourth-order valence-corrected chi connectivity index (χ4v) is 3.91. The minimum Gasteiger partial charge on any atom is -0.331 e. The molecular formula is C23H21BrN4O3. The Hall–Kier alpha value is -3.26. The second-order valence-electron chi connectivity index (χ2n) is 7.40. The molecule has 2 heterocycles. The molecule has 3 aromatic rings. The first kappa shape index (κ1) is 21.0. The van der Waals surface area contributed by atoms with E-state index in [9.17, 15) is 14.4 Å². The summed E-state index contributed by atoms with van der Waals surface area (Å²) < 4.78 is 2.80. The Morgan fingerprint density at radius 1 is 1.06 bits per heavy atom. The van der Waals surface area contributed by atoms with Crippen molar-refractivity contribution in [3.8, 4) is 0 Å². The smallest absolute Gasteiger partial charge is 0.261 e. The lowest BCUT2D eigenvalue weighted by Gasteiger charge is -2.13. The molecule has 2 aromatic carbocycles. The molecule has 0 saturated heterocycles. The maximum absolute atomic E-state index is 12.5. The van der Waals surface area contributed by atoms with Gasteiger partial charge in [0, 0.05) is 42.1 Å². The van der Waals surface area contributed by atoms with Gasteiger partial charge in [-0.2, -0.15) is 0 Å². The standard InChI is InChI=1S/C23H21BrN4O3/c1-15-25-10-12-27(15)14-16-4-7-18(8-5-16)26-21(29)3-2-11-28-22(30)19-9-6-17(24)13-20(19)23(28)31/h4-10,12-13H,2-3,11,14H2,1H3,(H,26,29). The molecule has 8 heteroatoms. The van der Waals surface area contributed by atoms with Gasteiger partial charge in [-0.25, -0.2) is 4.98 Å². The Morgan fingerprint density at radius 3 is 2.52 bits per heavy atom. The van der Waals surface area contributed by atoms with Gasteiger partial charge in [0.05, 0.1) is 11.1 Å². The molecule has 158 valence electrons. The molecule has 0 radical (unpaired) electrons. The Labute approximate surface area is 188 Å². The summed E-state index contributed by atoms with van der Waals surface area (Å²) in [5.74, 6) is 0.169. The summed E-state index contributed by atoms with van der Waals surface area (Å²) in [5, 5.41) is 2.86. The fourth-order valence-electron chi connectivity index (χ4n) is 3.55. The van der Waals surface area contributed by atoms with Crippen LogP contribution in [-0.4, -0.2) is 38.7 Å². The van der Waals surface area contributed by atoms with Crippen molar-refractivity contribution < 1.29 is 14.4 Å². The van der Waals surface area contributed by atoms with Crippen LogP contribution in [0.3, 0.4) is 0 Å². The van der Waals surface area contributed by atoms with Gasteiger partial charge in [0.1, 0.15) is 5.82 Å². The zero-order valence-corrected chi connectivity index (χ0v) is 18.6. The van der Waals surface area contributed by atoms with E-state index in [1.54, 1.807) is 24.4 Å². The second-order valence-corrected chi connectivity index (χ2v) is 8.32. The highest BCUT2D eigenvalue weighted by Crippen LogP contribution is 2.26. The predicted molar refractivity (Wildman–Crippen MR) is 120 cm³/mol. The van der Waals surface area contributed by atoms with Crippen molar-refractivity contribution in [2.24, 2.45) is 0 Å². The van der Waals surface area contributed by atoms with Crippen LogP contribution < -0.4 is 5.32 Å². The quantitative estimate of drug-likeness (QED) is 0.517. The number of imidazole rings is 1.